The largest absolute Gasteiger partial charge is 0.494 e. The lowest BCUT2D eigenvalue weighted by atomic mass is 10.1. The summed E-state index contributed by atoms with van der Waals surface area (Å²) in [6, 6.07) is 6.78. The molecule has 0 saturated carbocycles. The average Bonchev–Trinajstić information content (AvgIpc) is 3.12. The van der Waals surface area contributed by atoms with Crippen LogP contribution in [0.15, 0.2) is 18.2 Å². The zero-order valence-electron chi connectivity index (χ0n) is 34.3. The molecule has 0 aromatic heterocycles. The molecule has 1 rings (SSSR count). The maximum absolute atomic E-state index is 6.23. The van der Waals surface area contributed by atoms with Gasteiger partial charge in [0.15, 0.2) is 0 Å². The molecular weight excluding hydrogens is 631 g/mol. The van der Waals surface area contributed by atoms with Crippen molar-refractivity contribution in [2.45, 2.75) is 150 Å². The normalized spacial score (nSPS) is 11.6. The van der Waals surface area contributed by atoms with E-state index in [1.165, 1.54) is 114 Å². The van der Waals surface area contributed by atoms with Crippen LogP contribution in [-0.2, 0) is 13.1 Å². The van der Waals surface area contributed by atoms with E-state index < -0.39 is 0 Å². The first-order valence-electron chi connectivity index (χ1n) is 21.9. The van der Waals surface area contributed by atoms with Crippen LogP contribution in [0.4, 0.5) is 0 Å². The smallest absolute Gasteiger partial charge is 0.119 e. The van der Waals surface area contributed by atoms with Gasteiger partial charge in [0.2, 0.25) is 0 Å². The molecule has 8 nitrogen and oxygen atoms in total. The van der Waals surface area contributed by atoms with Gasteiger partial charge in [0.1, 0.15) is 5.75 Å². The van der Waals surface area contributed by atoms with E-state index in [4.69, 9.17) is 4.74 Å². The van der Waals surface area contributed by atoms with E-state index >= 15 is 0 Å². The SMILES string of the molecule is CCCCCCCCNCCCNCCCNCc1cc(CNCCCNCCCNCCCCCCCC)cc(OCCCNCC(C)C)c1. The van der Waals surface area contributed by atoms with Crippen molar-refractivity contribution >= 4 is 0 Å². The molecule has 300 valence electrons. The maximum Gasteiger partial charge on any atom is 0.119 e. The standard InChI is InChI=1S/C43H87N7O/c1-5-7-9-11-13-15-22-44-24-17-26-46-28-19-30-49-38-41-34-42(36-43(35-41)51-33-21-32-48-37-40(3)4)39-50-31-20-29-47-27-18-25-45-23-16-14-12-10-8-6-2/h34-36,40,44-50H,5-33,37-39H2,1-4H3. The second-order valence-corrected chi connectivity index (χ2v) is 15.1. The van der Waals surface area contributed by atoms with Gasteiger partial charge in [-0.05, 0) is 153 Å². The molecule has 0 amide bonds. The molecule has 0 fully saturated rings. The van der Waals surface area contributed by atoms with Crippen LogP contribution in [0.25, 0.3) is 0 Å². The van der Waals surface area contributed by atoms with Crippen molar-refractivity contribution in [1.82, 2.24) is 37.2 Å². The Balaban J connectivity index is 2.22. The Labute approximate surface area is 317 Å². The summed E-state index contributed by atoms with van der Waals surface area (Å²) in [4.78, 5) is 0. The first kappa shape index (κ1) is 47.8. The Morgan fingerprint density at radius 1 is 0.412 bits per heavy atom. The van der Waals surface area contributed by atoms with Gasteiger partial charge in [0.25, 0.3) is 0 Å². The minimum absolute atomic E-state index is 0.681. The zero-order chi connectivity index (χ0) is 36.7. The lowest BCUT2D eigenvalue weighted by Crippen LogP contribution is -2.26. The molecule has 0 aliphatic heterocycles. The third-order valence-corrected chi connectivity index (χ3v) is 9.25. The van der Waals surface area contributed by atoms with E-state index in [9.17, 15) is 0 Å². The van der Waals surface area contributed by atoms with Crippen LogP contribution in [0.2, 0.25) is 0 Å². The molecule has 0 saturated heterocycles. The highest BCUT2D eigenvalue weighted by Gasteiger charge is 2.04. The fourth-order valence-electron chi connectivity index (χ4n) is 6.17. The van der Waals surface area contributed by atoms with E-state index in [1.807, 2.05) is 0 Å². The molecule has 0 aliphatic carbocycles. The molecule has 0 aliphatic rings. The summed E-state index contributed by atoms with van der Waals surface area (Å²) in [7, 11) is 0. The minimum atomic E-state index is 0.681. The Bertz CT molecular complexity index is 786. The minimum Gasteiger partial charge on any atom is -0.494 e. The van der Waals surface area contributed by atoms with Crippen LogP contribution in [0.1, 0.15) is 148 Å². The van der Waals surface area contributed by atoms with E-state index in [-0.39, 0.29) is 0 Å². The molecule has 51 heavy (non-hydrogen) atoms. The second kappa shape index (κ2) is 38.5. The third kappa shape index (κ3) is 34.3. The number of nitrogens with one attached hydrogen (secondary N) is 7. The molecule has 0 radical (unpaired) electrons. The summed E-state index contributed by atoms with van der Waals surface area (Å²) < 4.78 is 6.23. The van der Waals surface area contributed by atoms with Gasteiger partial charge in [-0.1, -0.05) is 98.0 Å². The summed E-state index contributed by atoms with van der Waals surface area (Å²) in [6.07, 6.45) is 22.2. The Morgan fingerprint density at radius 3 is 1.22 bits per heavy atom. The van der Waals surface area contributed by atoms with Crippen molar-refractivity contribution < 1.29 is 4.74 Å². The summed E-state index contributed by atoms with van der Waals surface area (Å²) in [5.74, 6) is 1.67. The molecule has 0 bridgehead atoms. The molecule has 0 unspecified atom stereocenters. The molecule has 1 aromatic carbocycles. The summed E-state index contributed by atoms with van der Waals surface area (Å²) >= 11 is 0. The Hall–Kier alpha value is -1.26. The average molecular weight is 718 g/mol. The van der Waals surface area contributed by atoms with Gasteiger partial charge in [-0.3, -0.25) is 0 Å². The third-order valence-electron chi connectivity index (χ3n) is 9.25. The Morgan fingerprint density at radius 2 is 0.784 bits per heavy atom. The van der Waals surface area contributed by atoms with Gasteiger partial charge in [-0.15, -0.1) is 0 Å². The molecule has 7 N–H and O–H groups in total. The quantitative estimate of drug-likeness (QED) is 0.0350. The van der Waals surface area contributed by atoms with Crippen LogP contribution in [0, 0.1) is 5.92 Å². The van der Waals surface area contributed by atoms with Gasteiger partial charge in [0.05, 0.1) is 6.61 Å². The van der Waals surface area contributed by atoms with E-state index in [0.717, 1.165) is 110 Å². The van der Waals surface area contributed by atoms with Crippen molar-refractivity contribution in [1.29, 1.82) is 0 Å². The molecule has 0 atom stereocenters. The van der Waals surface area contributed by atoms with Crippen LogP contribution in [0.5, 0.6) is 5.75 Å². The Kier molecular flexibility index (Phi) is 36.0. The van der Waals surface area contributed by atoms with Crippen LogP contribution in [-0.4, -0.2) is 85.1 Å². The van der Waals surface area contributed by atoms with Gasteiger partial charge in [-0.25, -0.2) is 0 Å². The van der Waals surface area contributed by atoms with E-state index in [1.54, 1.807) is 0 Å². The second-order valence-electron chi connectivity index (χ2n) is 15.1. The molecule has 0 spiro atoms. The number of unbranched alkanes of at least 4 members (excludes halogenated alkanes) is 10. The monoisotopic (exact) mass is 718 g/mol. The molecule has 1 aromatic rings. The molecular formula is C43H87N7O. The summed E-state index contributed by atoms with van der Waals surface area (Å²) in [5.41, 5.74) is 2.61. The van der Waals surface area contributed by atoms with Gasteiger partial charge in [-0.2, -0.15) is 0 Å². The van der Waals surface area contributed by atoms with Crippen molar-refractivity contribution in [2.24, 2.45) is 5.92 Å². The first-order valence-corrected chi connectivity index (χ1v) is 21.9. The predicted molar refractivity (Wildman–Crippen MR) is 224 cm³/mol. The van der Waals surface area contributed by atoms with Crippen molar-refractivity contribution in [3.63, 3.8) is 0 Å². The van der Waals surface area contributed by atoms with E-state index in [2.05, 4.69) is 83.1 Å². The van der Waals surface area contributed by atoms with E-state index in [0.29, 0.717) is 5.92 Å². The van der Waals surface area contributed by atoms with Crippen molar-refractivity contribution in [2.75, 3.05) is 85.1 Å². The van der Waals surface area contributed by atoms with Gasteiger partial charge < -0.3 is 42.0 Å². The lowest BCUT2D eigenvalue weighted by molar-refractivity contribution is 0.306. The highest BCUT2D eigenvalue weighted by Crippen LogP contribution is 2.18. The van der Waals surface area contributed by atoms with Crippen LogP contribution < -0.4 is 42.0 Å². The highest BCUT2D eigenvalue weighted by molar-refractivity contribution is 5.34. The summed E-state index contributed by atoms with van der Waals surface area (Å²) in [6.45, 7) is 24.6. The highest BCUT2D eigenvalue weighted by atomic mass is 16.5. The summed E-state index contributed by atoms with van der Waals surface area (Å²) in [5, 5.41) is 25.3. The number of benzene rings is 1. The molecule has 8 heteroatoms. The number of rotatable bonds is 41. The zero-order valence-corrected chi connectivity index (χ0v) is 34.3. The fraction of sp³-hybridized carbons (Fsp3) is 0.860. The van der Waals surface area contributed by atoms with Crippen molar-refractivity contribution in [3.05, 3.63) is 29.3 Å². The lowest BCUT2D eigenvalue weighted by Gasteiger charge is -2.14. The topological polar surface area (TPSA) is 93.4 Å². The predicted octanol–water partition coefficient (Wildman–Crippen LogP) is 7.52. The molecule has 0 heterocycles. The van der Waals surface area contributed by atoms with Gasteiger partial charge in [0, 0.05) is 13.1 Å². The number of hydrogen-bond acceptors (Lipinski definition) is 8. The number of hydrogen-bond donors (Lipinski definition) is 7. The number of ether oxygens (including phenoxy) is 1. The first-order chi connectivity index (χ1) is 25.2. The fourth-order valence-corrected chi connectivity index (χ4v) is 6.17. The maximum atomic E-state index is 6.23. The van der Waals surface area contributed by atoms with Crippen LogP contribution >= 0.6 is 0 Å². The van der Waals surface area contributed by atoms with Crippen LogP contribution in [0.3, 0.4) is 0 Å². The van der Waals surface area contributed by atoms with Gasteiger partial charge >= 0.3 is 0 Å². The van der Waals surface area contributed by atoms with Crippen molar-refractivity contribution in [3.8, 4) is 5.75 Å².